The molecule has 2 aromatic heterocycles. The predicted molar refractivity (Wildman–Crippen MR) is 161 cm³/mol. The minimum atomic E-state index is -0.274. The molecule has 200 valence electrons. The van der Waals surface area contributed by atoms with Gasteiger partial charge in [0, 0.05) is 22.5 Å². The Labute approximate surface area is 243 Å². The number of benzene rings is 3. The molecule has 0 amide bonds. The van der Waals surface area contributed by atoms with Crippen LogP contribution in [0.1, 0.15) is 29.1 Å². The molecule has 0 saturated carbocycles. The molecule has 5 aromatic rings. The quantitative estimate of drug-likeness (QED) is 0.198. The second-order valence-electron chi connectivity index (χ2n) is 9.43. The van der Waals surface area contributed by atoms with Gasteiger partial charge in [-0.05, 0) is 110 Å². The maximum absolute atomic E-state index is 6.50. The van der Waals surface area contributed by atoms with Gasteiger partial charge in [0.05, 0.1) is 18.8 Å². The first-order chi connectivity index (χ1) is 19.5. The number of rotatable bonds is 7. The largest absolute Gasteiger partial charge is 0.497 e. The van der Waals surface area contributed by atoms with Gasteiger partial charge in [-0.1, -0.05) is 23.7 Å². The molecular weight excluding hydrogens is 542 g/mol. The van der Waals surface area contributed by atoms with Gasteiger partial charge in [-0.2, -0.15) is 0 Å². The Bertz CT molecular complexity index is 1640. The van der Waals surface area contributed by atoms with E-state index in [1.165, 1.54) is 0 Å². The van der Waals surface area contributed by atoms with Crippen molar-refractivity contribution in [2.75, 3.05) is 12.0 Å². The molecular formula is C32H26ClN3O3S. The van der Waals surface area contributed by atoms with Gasteiger partial charge < -0.3 is 24.1 Å². The number of nitrogens with zero attached hydrogens (tertiary/aromatic N) is 2. The summed E-state index contributed by atoms with van der Waals surface area (Å²) in [7, 11) is 1.64. The lowest BCUT2D eigenvalue weighted by Gasteiger charge is -2.26. The lowest BCUT2D eigenvalue weighted by atomic mass is 10.0. The number of ether oxygens (including phenoxy) is 2. The van der Waals surface area contributed by atoms with E-state index in [4.69, 9.17) is 37.7 Å². The first-order valence-electron chi connectivity index (χ1n) is 12.8. The molecule has 1 fully saturated rings. The second kappa shape index (κ2) is 11.0. The molecule has 6 nitrogen and oxygen atoms in total. The Kier molecular flexibility index (Phi) is 7.15. The first kappa shape index (κ1) is 25.9. The van der Waals surface area contributed by atoms with Gasteiger partial charge in [0.1, 0.15) is 34.8 Å². The molecule has 40 heavy (non-hydrogen) atoms. The summed E-state index contributed by atoms with van der Waals surface area (Å²) < 4.78 is 17.8. The molecule has 1 aliphatic rings. The van der Waals surface area contributed by atoms with Gasteiger partial charge >= 0.3 is 0 Å². The molecule has 0 bridgehead atoms. The number of hydrogen-bond acceptors (Lipinski definition) is 5. The van der Waals surface area contributed by atoms with Crippen molar-refractivity contribution in [3.8, 4) is 28.6 Å². The Morgan fingerprint density at radius 3 is 2.33 bits per heavy atom. The summed E-state index contributed by atoms with van der Waals surface area (Å²) in [6.07, 6.45) is 1.79. The van der Waals surface area contributed by atoms with E-state index in [0.717, 1.165) is 45.5 Å². The number of furan rings is 1. The van der Waals surface area contributed by atoms with Crippen molar-refractivity contribution < 1.29 is 13.9 Å². The van der Waals surface area contributed by atoms with Gasteiger partial charge in [0.2, 0.25) is 0 Å². The predicted octanol–water partition coefficient (Wildman–Crippen LogP) is 8.28. The lowest BCUT2D eigenvalue weighted by molar-refractivity contribution is 0.413. The van der Waals surface area contributed by atoms with Crippen LogP contribution in [0.15, 0.2) is 108 Å². The Morgan fingerprint density at radius 1 is 0.900 bits per heavy atom. The molecule has 3 aromatic carbocycles. The molecule has 1 aliphatic heterocycles. The van der Waals surface area contributed by atoms with Crippen LogP contribution in [-0.2, 0) is 0 Å². The van der Waals surface area contributed by atoms with Crippen molar-refractivity contribution in [1.29, 1.82) is 0 Å². The molecule has 3 heterocycles. The summed E-state index contributed by atoms with van der Waals surface area (Å²) in [4.78, 5) is 6.69. The van der Waals surface area contributed by atoms with Crippen LogP contribution in [0, 0.1) is 6.92 Å². The van der Waals surface area contributed by atoms with Gasteiger partial charge in [-0.25, -0.2) is 0 Å². The summed E-state index contributed by atoms with van der Waals surface area (Å²) in [5.41, 5.74) is 3.80. The monoisotopic (exact) mass is 567 g/mol. The number of anilines is 1. The highest BCUT2D eigenvalue weighted by atomic mass is 35.5. The summed E-state index contributed by atoms with van der Waals surface area (Å²) in [6, 6.07) is 30.5. The number of thiocarbonyl (C=S) groups is 1. The SMILES string of the molecule is COc1ccc(Oc2ccc(N3C(=S)N[C@H](c4ccccn4)[C@@H]3c3ccc(-c4cc(Cl)ccc4C)o3)cc2)cc1. The van der Waals surface area contributed by atoms with E-state index in [9.17, 15) is 0 Å². The number of hydrogen-bond donors (Lipinski definition) is 1. The number of halogens is 1. The van der Waals surface area contributed by atoms with Gasteiger partial charge in [-0.3, -0.25) is 4.98 Å². The van der Waals surface area contributed by atoms with E-state index in [0.29, 0.717) is 15.9 Å². The Morgan fingerprint density at radius 2 is 1.62 bits per heavy atom. The van der Waals surface area contributed by atoms with Crippen molar-refractivity contribution in [3.63, 3.8) is 0 Å². The summed E-state index contributed by atoms with van der Waals surface area (Å²) in [5.74, 6) is 3.71. The zero-order chi connectivity index (χ0) is 27.6. The highest BCUT2D eigenvalue weighted by molar-refractivity contribution is 7.80. The van der Waals surface area contributed by atoms with Gasteiger partial charge in [0.25, 0.3) is 0 Å². The number of pyridine rings is 1. The molecule has 8 heteroatoms. The zero-order valence-corrected chi connectivity index (χ0v) is 23.4. The summed E-state index contributed by atoms with van der Waals surface area (Å²) >= 11 is 12.2. The van der Waals surface area contributed by atoms with Crippen LogP contribution in [0.3, 0.4) is 0 Å². The molecule has 2 atom stereocenters. The molecule has 0 unspecified atom stereocenters. The fourth-order valence-corrected chi connectivity index (χ4v) is 5.41. The van der Waals surface area contributed by atoms with E-state index < -0.39 is 0 Å². The van der Waals surface area contributed by atoms with Crippen molar-refractivity contribution in [2.24, 2.45) is 0 Å². The van der Waals surface area contributed by atoms with Crippen LogP contribution >= 0.6 is 23.8 Å². The number of aromatic nitrogens is 1. The topological polar surface area (TPSA) is 59.8 Å². The number of aryl methyl sites for hydroxylation is 1. The Hall–Kier alpha value is -4.33. The molecule has 0 radical (unpaired) electrons. The molecule has 0 spiro atoms. The minimum absolute atomic E-state index is 0.219. The maximum atomic E-state index is 6.50. The van der Waals surface area contributed by atoms with Crippen molar-refractivity contribution in [3.05, 3.63) is 125 Å². The highest BCUT2D eigenvalue weighted by Gasteiger charge is 2.42. The Balaban J connectivity index is 1.34. The van der Waals surface area contributed by atoms with Crippen molar-refractivity contribution in [2.45, 2.75) is 19.0 Å². The van der Waals surface area contributed by atoms with E-state index in [2.05, 4.69) is 15.2 Å². The van der Waals surface area contributed by atoms with Crippen LogP contribution < -0.4 is 19.7 Å². The third-order valence-corrected chi connectivity index (χ3v) is 7.44. The smallest absolute Gasteiger partial charge is 0.174 e. The van der Waals surface area contributed by atoms with Gasteiger partial charge in [-0.15, -0.1) is 0 Å². The first-order valence-corrected chi connectivity index (χ1v) is 13.6. The normalized spacial score (nSPS) is 16.6. The third-order valence-electron chi connectivity index (χ3n) is 6.89. The van der Waals surface area contributed by atoms with Crippen LogP contribution in [-0.4, -0.2) is 17.2 Å². The zero-order valence-electron chi connectivity index (χ0n) is 21.9. The average Bonchev–Trinajstić information content (AvgIpc) is 3.60. The summed E-state index contributed by atoms with van der Waals surface area (Å²) in [6.45, 7) is 2.04. The number of methoxy groups -OCH3 is 1. The number of nitrogens with one attached hydrogen (secondary N) is 1. The van der Waals surface area contributed by atoms with Crippen LogP contribution in [0.5, 0.6) is 17.2 Å². The standard InChI is InChI=1S/C32H26ClN3O3S/c1-20-6-7-21(33)19-26(20)28-16-17-29(39-28)31-30(27-5-3-4-18-34-27)35-32(40)36(31)22-8-10-24(11-9-22)38-25-14-12-23(37-2)13-15-25/h3-19,30-31H,1-2H3,(H,35,40)/t30-,31+/m1/s1. The molecule has 0 aliphatic carbocycles. The molecule has 1 saturated heterocycles. The average molecular weight is 568 g/mol. The van der Waals surface area contributed by atoms with E-state index >= 15 is 0 Å². The van der Waals surface area contributed by atoms with Crippen LogP contribution in [0.2, 0.25) is 5.02 Å². The maximum Gasteiger partial charge on any atom is 0.174 e. The van der Waals surface area contributed by atoms with Crippen molar-refractivity contribution in [1.82, 2.24) is 10.3 Å². The van der Waals surface area contributed by atoms with Crippen LogP contribution in [0.4, 0.5) is 5.69 Å². The lowest BCUT2D eigenvalue weighted by Crippen LogP contribution is -2.29. The van der Waals surface area contributed by atoms with E-state index in [1.54, 1.807) is 13.3 Å². The third kappa shape index (κ3) is 5.13. The fourth-order valence-electron chi connectivity index (χ4n) is 4.89. The molecule has 1 N–H and O–H groups in total. The molecule has 6 rings (SSSR count). The second-order valence-corrected chi connectivity index (χ2v) is 10.3. The van der Waals surface area contributed by atoms with E-state index in [1.807, 2.05) is 104 Å². The van der Waals surface area contributed by atoms with E-state index in [-0.39, 0.29) is 12.1 Å². The minimum Gasteiger partial charge on any atom is -0.497 e. The van der Waals surface area contributed by atoms with Gasteiger partial charge in [0.15, 0.2) is 5.11 Å². The van der Waals surface area contributed by atoms with Crippen LogP contribution in [0.25, 0.3) is 11.3 Å². The van der Waals surface area contributed by atoms with Crippen molar-refractivity contribution >= 4 is 34.6 Å². The highest BCUT2D eigenvalue weighted by Crippen LogP contribution is 2.43. The summed E-state index contributed by atoms with van der Waals surface area (Å²) in [5, 5.41) is 4.72. The fraction of sp³-hybridized carbons (Fsp3) is 0.125.